The van der Waals surface area contributed by atoms with Crippen molar-refractivity contribution in [1.82, 2.24) is 5.32 Å². The topological polar surface area (TPSA) is 50.4 Å². The molecule has 2 aromatic rings. The number of ether oxygens (including phenoxy) is 1. The van der Waals surface area contributed by atoms with E-state index in [1.54, 1.807) is 18.4 Å². The Hall–Kier alpha value is -1.85. The number of thiophene rings is 1. The van der Waals surface area contributed by atoms with Crippen LogP contribution in [0.2, 0.25) is 0 Å². The fourth-order valence-corrected chi connectivity index (χ4v) is 2.95. The van der Waals surface area contributed by atoms with Crippen LogP contribution in [0.15, 0.2) is 35.7 Å². The van der Waals surface area contributed by atoms with Crippen molar-refractivity contribution in [3.05, 3.63) is 46.2 Å². The maximum absolute atomic E-state index is 11.8. The molecule has 2 rings (SSSR count). The van der Waals surface area contributed by atoms with E-state index >= 15 is 0 Å². The van der Waals surface area contributed by atoms with Gasteiger partial charge in [0.1, 0.15) is 5.75 Å². The molecule has 0 saturated heterocycles. The molecule has 0 atom stereocenters. The number of carbonyl (C=O) groups is 1. The molecule has 1 amide bonds. The van der Waals surface area contributed by atoms with Crippen molar-refractivity contribution in [1.29, 1.82) is 0 Å². The molecule has 0 aliphatic rings. The standard InChI is InChI=1S/C16H20N2O2S/c1-3-12-8-9-21-15(12)10-17-11-16(19)18-13-4-6-14(20-2)7-5-13/h4-9,17H,3,10-11H2,1-2H3,(H,18,19). The van der Waals surface area contributed by atoms with Crippen LogP contribution in [0.3, 0.4) is 0 Å². The van der Waals surface area contributed by atoms with E-state index in [-0.39, 0.29) is 5.91 Å². The molecule has 5 heteroatoms. The van der Waals surface area contributed by atoms with Gasteiger partial charge in [0, 0.05) is 17.1 Å². The van der Waals surface area contributed by atoms with E-state index in [4.69, 9.17) is 4.74 Å². The third kappa shape index (κ3) is 4.58. The van der Waals surface area contributed by atoms with E-state index in [2.05, 4.69) is 29.0 Å². The van der Waals surface area contributed by atoms with E-state index in [1.807, 2.05) is 24.3 Å². The van der Waals surface area contributed by atoms with Gasteiger partial charge in [-0.15, -0.1) is 11.3 Å². The molecule has 0 bridgehead atoms. The zero-order valence-electron chi connectivity index (χ0n) is 12.3. The summed E-state index contributed by atoms with van der Waals surface area (Å²) < 4.78 is 5.08. The highest BCUT2D eigenvalue weighted by molar-refractivity contribution is 7.10. The van der Waals surface area contributed by atoms with Crippen LogP contribution >= 0.6 is 11.3 Å². The van der Waals surface area contributed by atoms with Gasteiger partial charge in [-0.25, -0.2) is 0 Å². The molecular weight excluding hydrogens is 284 g/mol. The second-order valence-electron chi connectivity index (χ2n) is 4.60. The number of hydrogen-bond donors (Lipinski definition) is 2. The Kier molecular flexibility index (Phi) is 5.78. The van der Waals surface area contributed by atoms with E-state index < -0.39 is 0 Å². The smallest absolute Gasteiger partial charge is 0.238 e. The number of nitrogens with one attached hydrogen (secondary N) is 2. The fraction of sp³-hybridized carbons (Fsp3) is 0.312. The van der Waals surface area contributed by atoms with Gasteiger partial charge in [-0.05, 0) is 47.7 Å². The van der Waals surface area contributed by atoms with Crippen molar-refractivity contribution >= 4 is 22.9 Å². The molecule has 1 heterocycles. The van der Waals surface area contributed by atoms with E-state index in [1.165, 1.54) is 10.4 Å². The second kappa shape index (κ2) is 7.81. The molecule has 4 nitrogen and oxygen atoms in total. The summed E-state index contributed by atoms with van der Waals surface area (Å²) in [5.74, 6) is 0.727. The van der Waals surface area contributed by atoms with Gasteiger partial charge in [0.05, 0.1) is 13.7 Å². The summed E-state index contributed by atoms with van der Waals surface area (Å²) in [5, 5.41) is 8.12. The van der Waals surface area contributed by atoms with Gasteiger partial charge in [0.2, 0.25) is 5.91 Å². The Morgan fingerprint density at radius 1 is 1.24 bits per heavy atom. The number of amides is 1. The van der Waals surface area contributed by atoms with Gasteiger partial charge in [-0.1, -0.05) is 6.92 Å². The lowest BCUT2D eigenvalue weighted by atomic mass is 10.2. The summed E-state index contributed by atoms with van der Waals surface area (Å²) in [6.45, 7) is 3.17. The van der Waals surface area contributed by atoms with Crippen molar-refractivity contribution in [2.75, 3.05) is 19.0 Å². The first-order valence-electron chi connectivity index (χ1n) is 6.92. The van der Waals surface area contributed by atoms with Crippen LogP contribution < -0.4 is 15.4 Å². The average molecular weight is 304 g/mol. The average Bonchev–Trinajstić information content (AvgIpc) is 2.95. The monoisotopic (exact) mass is 304 g/mol. The number of benzene rings is 1. The molecule has 0 aliphatic carbocycles. The van der Waals surface area contributed by atoms with Crippen LogP contribution in [-0.4, -0.2) is 19.6 Å². The van der Waals surface area contributed by atoms with Crippen molar-refractivity contribution in [3.63, 3.8) is 0 Å². The Bertz CT molecular complexity index is 578. The van der Waals surface area contributed by atoms with Gasteiger partial charge in [0.25, 0.3) is 0 Å². The lowest BCUT2D eigenvalue weighted by Gasteiger charge is -2.07. The minimum absolute atomic E-state index is 0.0465. The van der Waals surface area contributed by atoms with Crippen LogP contribution in [0.4, 0.5) is 5.69 Å². The highest BCUT2D eigenvalue weighted by atomic mass is 32.1. The number of rotatable bonds is 7. The van der Waals surface area contributed by atoms with E-state index in [9.17, 15) is 4.79 Å². The number of anilines is 1. The van der Waals surface area contributed by atoms with Crippen LogP contribution in [0.5, 0.6) is 5.75 Å². The number of methoxy groups -OCH3 is 1. The van der Waals surface area contributed by atoms with Gasteiger partial charge in [-0.2, -0.15) is 0 Å². The maximum Gasteiger partial charge on any atom is 0.238 e. The van der Waals surface area contributed by atoms with Gasteiger partial charge in [0.15, 0.2) is 0 Å². The van der Waals surface area contributed by atoms with Crippen LogP contribution in [-0.2, 0) is 17.8 Å². The molecule has 112 valence electrons. The third-order valence-electron chi connectivity index (χ3n) is 3.16. The largest absolute Gasteiger partial charge is 0.497 e. The summed E-state index contributed by atoms with van der Waals surface area (Å²) in [5.41, 5.74) is 2.12. The Balaban J connectivity index is 1.76. The number of aryl methyl sites for hydroxylation is 1. The van der Waals surface area contributed by atoms with Crippen LogP contribution in [0, 0.1) is 0 Å². The summed E-state index contributed by atoms with van der Waals surface area (Å²) in [6.07, 6.45) is 1.03. The summed E-state index contributed by atoms with van der Waals surface area (Å²) >= 11 is 1.73. The first-order chi connectivity index (χ1) is 10.2. The molecule has 1 aromatic heterocycles. The third-order valence-corrected chi connectivity index (χ3v) is 4.13. The van der Waals surface area contributed by atoms with Gasteiger partial charge in [-0.3, -0.25) is 4.79 Å². The summed E-state index contributed by atoms with van der Waals surface area (Å²) in [7, 11) is 1.62. The molecule has 2 N–H and O–H groups in total. The molecule has 0 spiro atoms. The molecule has 0 radical (unpaired) electrons. The molecular formula is C16H20N2O2S. The number of hydrogen-bond acceptors (Lipinski definition) is 4. The van der Waals surface area contributed by atoms with Crippen molar-refractivity contribution in [2.45, 2.75) is 19.9 Å². The van der Waals surface area contributed by atoms with Crippen molar-refractivity contribution in [3.8, 4) is 5.75 Å². The minimum atomic E-state index is -0.0465. The maximum atomic E-state index is 11.8. The zero-order valence-corrected chi connectivity index (χ0v) is 13.1. The predicted octanol–water partition coefficient (Wildman–Crippen LogP) is 3.05. The van der Waals surface area contributed by atoms with Gasteiger partial charge >= 0.3 is 0 Å². The van der Waals surface area contributed by atoms with Crippen molar-refractivity contribution < 1.29 is 9.53 Å². The lowest BCUT2D eigenvalue weighted by Crippen LogP contribution is -2.27. The zero-order chi connectivity index (χ0) is 15.1. The Labute approximate surface area is 129 Å². The van der Waals surface area contributed by atoms with Gasteiger partial charge < -0.3 is 15.4 Å². The van der Waals surface area contributed by atoms with E-state index in [0.717, 1.165) is 24.4 Å². The molecule has 1 aromatic carbocycles. The highest BCUT2D eigenvalue weighted by Gasteiger charge is 2.05. The molecule has 21 heavy (non-hydrogen) atoms. The Morgan fingerprint density at radius 3 is 2.67 bits per heavy atom. The first-order valence-corrected chi connectivity index (χ1v) is 7.80. The second-order valence-corrected chi connectivity index (χ2v) is 5.60. The normalized spacial score (nSPS) is 10.4. The summed E-state index contributed by atoms with van der Waals surface area (Å²) in [6, 6.07) is 9.43. The van der Waals surface area contributed by atoms with Crippen LogP contribution in [0.25, 0.3) is 0 Å². The first kappa shape index (κ1) is 15.5. The fourth-order valence-electron chi connectivity index (χ4n) is 2.01. The van der Waals surface area contributed by atoms with Crippen molar-refractivity contribution in [2.24, 2.45) is 0 Å². The minimum Gasteiger partial charge on any atom is -0.497 e. The SMILES string of the molecule is CCc1ccsc1CNCC(=O)Nc1ccc(OC)cc1. The molecule has 0 aliphatic heterocycles. The van der Waals surface area contributed by atoms with E-state index in [0.29, 0.717) is 6.54 Å². The number of carbonyl (C=O) groups excluding carboxylic acids is 1. The molecule has 0 unspecified atom stereocenters. The summed E-state index contributed by atoms with van der Waals surface area (Å²) in [4.78, 5) is 13.1. The lowest BCUT2D eigenvalue weighted by molar-refractivity contribution is -0.115. The highest BCUT2D eigenvalue weighted by Crippen LogP contribution is 2.17. The van der Waals surface area contributed by atoms with Crippen LogP contribution in [0.1, 0.15) is 17.4 Å². The molecule has 0 fully saturated rings. The predicted molar refractivity (Wildman–Crippen MR) is 87.0 cm³/mol. The Morgan fingerprint density at radius 2 is 2.00 bits per heavy atom. The quantitative estimate of drug-likeness (QED) is 0.826. The molecule has 0 saturated carbocycles.